The SMILES string of the molecule is C[C@](O)(CNC(=O)C(=O)NCc1ccc(F)cc1)C1CC1. The molecule has 0 heterocycles. The Morgan fingerprint density at radius 2 is 1.81 bits per heavy atom. The van der Waals surface area contributed by atoms with Gasteiger partial charge in [-0.05, 0) is 43.4 Å². The summed E-state index contributed by atoms with van der Waals surface area (Å²) in [6.45, 7) is 1.85. The number of carbonyl (C=O) groups excluding carboxylic acids is 2. The van der Waals surface area contributed by atoms with Crippen LogP contribution in [0.25, 0.3) is 0 Å². The maximum absolute atomic E-state index is 12.7. The molecule has 1 saturated carbocycles. The highest BCUT2D eigenvalue weighted by atomic mass is 19.1. The Morgan fingerprint density at radius 3 is 2.38 bits per heavy atom. The molecule has 114 valence electrons. The van der Waals surface area contributed by atoms with Crippen LogP contribution in [0.5, 0.6) is 0 Å². The molecular formula is C15H19FN2O3. The first-order valence-corrected chi connectivity index (χ1v) is 6.91. The van der Waals surface area contributed by atoms with Gasteiger partial charge >= 0.3 is 11.8 Å². The Balaban J connectivity index is 1.74. The van der Waals surface area contributed by atoms with Gasteiger partial charge in [0, 0.05) is 13.1 Å². The molecule has 0 aliphatic heterocycles. The molecule has 5 nitrogen and oxygen atoms in total. The standard InChI is InChI=1S/C15H19FN2O3/c1-15(21,11-4-5-11)9-18-14(20)13(19)17-8-10-2-6-12(16)7-3-10/h2-3,6-7,11,21H,4-5,8-9H2,1H3,(H,17,19)(H,18,20)/t15-/m0/s1. The molecule has 0 saturated heterocycles. The van der Waals surface area contributed by atoms with E-state index >= 15 is 0 Å². The van der Waals surface area contributed by atoms with Crippen molar-refractivity contribution in [1.29, 1.82) is 0 Å². The number of aliphatic hydroxyl groups is 1. The number of nitrogens with one attached hydrogen (secondary N) is 2. The minimum atomic E-state index is -0.965. The summed E-state index contributed by atoms with van der Waals surface area (Å²) in [6, 6.07) is 5.64. The molecule has 1 aromatic carbocycles. The van der Waals surface area contributed by atoms with Gasteiger partial charge in [-0.25, -0.2) is 4.39 Å². The molecule has 1 aliphatic rings. The Bertz CT molecular complexity index is 524. The van der Waals surface area contributed by atoms with E-state index in [0.29, 0.717) is 5.56 Å². The molecule has 1 fully saturated rings. The lowest BCUT2D eigenvalue weighted by Gasteiger charge is -2.22. The lowest BCUT2D eigenvalue weighted by molar-refractivity contribution is -0.140. The molecule has 1 aromatic rings. The van der Waals surface area contributed by atoms with Crippen molar-refractivity contribution >= 4 is 11.8 Å². The summed E-state index contributed by atoms with van der Waals surface area (Å²) in [5.41, 5.74) is -0.269. The highest BCUT2D eigenvalue weighted by Gasteiger charge is 2.40. The molecule has 2 amide bonds. The van der Waals surface area contributed by atoms with Gasteiger partial charge in [0.15, 0.2) is 0 Å². The van der Waals surface area contributed by atoms with E-state index in [-0.39, 0.29) is 24.8 Å². The zero-order valence-electron chi connectivity index (χ0n) is 11.9. The average molecular weight is 294 g/mol. The predicted octanol–water partition coefficient (Wildman–Crippen LogP) is 0.719. The zero-order chi connectivity index (χ0) is 15.5. The molecule has 2 rings (SSSR count). The second kappa shape index (κ2) is 6.22. The molecule has 1 atom stereocenters. The maximum Gasteiger partial charge on any atom is 0.309 e. The van der Waals surface area contributed by atoms with Gasteiger partial charge in [-0.2, -0.15) is 0 Å². The Kier molecular flexibility index (Phi) is 4.57. The van der Waals surface area contributed by atoms with E-state index in [2.05, 4.69) is 10.6 Å². The van der Waals surface area contributed by atoms with Crippen LogP contribution < -0.4 is 10.6 Å². The molecule has 1 aliphatic carbocycles. The number of hydrogen-bond donors (Lipinski definition) is 3. The monoisotopic (exact) mass is 294 g/mol. The highest BCUT2D eigenvalue weighted by Crippen LogP contribution is 2.38. The van der Waals surface area contributed by atoms with E-state index in [1.165, 1.54) is 24.3 Å². The summed E-state index contributed by atoms with van der Waals surface area (Å²) in [5, 5.41) is 14.9. The molecule has 0 aromatic heterocycles. The topological polar surface area (TPSA) is 78.4 Å². The first-order valence-electron chi connectivity index (χ1n) is 6.91. The predicted molar refractivity (Wildman–Crippen MR) is 74.6 cm³/mol. The Morgan fingerprint density at radius 1 is 1.24 bits per heavy atom. The fraction of sp³-hybridized carbons (Fsp3) is 0.467. The van der Waals surface area contributed by atoms with Crippen molar-refractivity contribution in [3.8, 4) is 0 Å². The third kappa shape index (κ3) is 4.53. The fourth-order valence-electron chi connectivity index (χ4n) is 2.05. The molecule has 0 unspecified atom stereocenters. The van der Waals surface area contributed by atoms with Crippen LogP contribution in [-0.4, -0.2) is 29.1 Å². The minimum Gasteiger partial charge on any atom is -0.388 e. The smallest absolute Gasteiger partial charge is 0.309 e. The van der Waals surface area contributed by atoms with Gasteiger partial charge < -0.3 is 15.7 Å². The molecule has 6 heteroatoms. The van der Waals surface area contributed by atoms with Crippen LogP contribution in [0.4, 0.5) is 4.39 Å². The van der Waals surface area contributed by atoms with Crippen molar-refractivity contribution in [2.75, 3.05) is 6.54 Å². The Hall–Kier alpha value is -1.95. The van der Waals surface area contributed by atoms with E-state index in [4.69, 9.17) is 0 Å². The summed E-state index contributed by atoms with van der Waals surface area (Å²) in [5.74, 6) is -1.71. The van der Waals surface area contributed by atoms with Crippen molar-refractivity contribution in [3.63, 3.8) is 0 Å². The first kappa shape index (κ1) is 15.4. The normalized spacial score (nSPS) is 16.9. The summed E-state index contributed by atoms with van der Waals surface area (Å²) in [6.07, 6.45) is 1.89. The van der Waals surface area contributed by atoms with Crippen molar-refractivity contribution in [2.24, 2.45) is 5.92 Å². The van der Waals surface area contributed by atoms with E-state index in [1.807, 2.05) is 0 Å². The van der Waals surface area contributed by atoms with E-state index in [9.17, 15) is 19.1 Å². The molecule has 0 radical (unpaired) electrons. The second-order valence-electron chi connectivity index (χ2n) is 5.62. The van der Waals surface area contributed by atoms with Gasteiger partial charge in [-0.15, -0.1) is 0 Å². The summed E-state index contributed by atoms with van der Waals surface area (Å²) in [7, 11) is 0. The lowest BCUT2D eigenvalue weighted by atomic mass is 10.0. The van der Waals surface area contributed by atoms with E-state index < -0.39 is 17.4 Å². The average Bonchev–Trinajstić information content (AvgIpc) is 3.29. The largest absolute Gasteiger partial charge is 0.388 e. The quantitative estimate of drug-likeness (QED) is 0.700. The van der Waals surface area contributed by atoms with E-state index in [0.717, 1.165) is 12.8 Å². The fourth-order valence-corrected chi connectivity index (χ4v) is 2.05. The number of carbonyl (C=O) groups is 2. The van der Waals surface area contributed by atoms with Crippen molar-refractivity contribution in [1.82, 2.24) is 10.6 Å². The van der Waals surface area contributed by atoms with Crippen LogP contribution in [0.3, 0.4) is 0 Å². The summed E-state index contributed by atoms with van der Waals surface area (Å²) < 4.78 is 12.7. The van der Waals surface area contributed by atoms with Crippen LogP contribution in [0.2, 0.25) is 0 Å². The lowest BCUT2D eigenvalue weighted by Crippen LogP contribution is -2.47. The number of halogens is 1. The number of hydrogen-bond acceptors (Lipinski definition) is 3. The number of amides is 2. The van der Waals surface area contributed by atoms with Crippen LogP contribution >= 0.6 is 0 Å². The molecular weight excluding hydrogens is 275 g/mol. The first-order chi connectivity index (χ1) is 9.88. The van der Waals surface area contributed by atoms with Crippen molar-refractivity contribution in [2.45, 2.75) is 31.9 Å². The van der Waals surface area contributed by atoms with Crippen molar-refractivity contribution < 1.29 is 19.1 Å². The van der Waals surface area contributed by atoms with Crippen LogP contribution in [0.15, 0.2) is 24.3 Å². The Labute approximate surface area is 122 Å². The zero-order valence-corrected chi connectivity index (χ0v) is 11.9. The summed E-state index contributed by atoms with van der Waals surface area (Å²) >= 11 is 0. The number of rotatable bonds is 5. The van der Waals surface area contributed by atoms with Gasteiger partial charge in [0.05, 0.1) is 5.60 Å². The van der Waals surface area contributed by atoms with Gasteiger partial charge in [-0.3, -0.25) is 9.59 Å². The van der Waals surface area contributed by atoms with Crippen LogP contribution in [-0.2, 0) is 16.1 Å². The second-order valence-corrected chi connectivity index (χ2v) is 5.62. The molecule has 0 spiro atoms. The third-order valence-electron chi connectivity index (χ3n) is 3.64. The molecule has 0 bridgehead atoms. The maximum atomic E-state index is 12.7. The van der Waals surface area contributed by atoms with Crippen LogP contribution in [0, 0.1) is 11.7 Å². The summed E-state index contributed by atoms with van der Waals surface area (Å²) in [4.78, 5) is 23.2. The number of benzene rings is 1. The minimum absolute atomic E-state index is 0.0560. The van der Waals surface area contributed by atoms with Crippen LogP contribution in [0.1, 0.15) is 25.3 Å². The highest BCUT2D eigenvalue weighted by molar-refractivity contribution is 6.35. The van der Waals surface area contributed by atoms with Gasteiger partial charge in [0.2, 0.25) is 0 Å². The van der Waals surface area contributed by atoms with Gasteiger partial charge in [0.25, 0.3) is 0 Å². The van der Waals surface area contributed by atoms with Gasteiger partial charge in [0.1, 0.15) is 5.82 Å². The molecule has 21 heavy (non-hydrogen) atoms. The molecule has 3 N–H and O–H groups in total. The van der Waals surface area contributed by atoms with Crippen molar-refractivity contribution in [3.05, 3.63) is 35.6 Å². The van der Waals surface area contributed by atoms with E-state index in [1.54, 1.807) is 6.92 Å². The van der Waals surface area contributed by atoms with Gasteiger partial charge in [-0.1, -0.05) is 12.1 Å². The third-order valence-corrected chi connectivity index (χ3v) is 3.64.